The molecule has 10 nitrogen and oxygen atoms in total. The Morgan fingerprint density at radius 1 is 1.09 bits per heavy atom. The molecule has 0 radical (unpaired) electrons. The summed E-state index contributed by atoms with van der Waals surface area (Å²) in [6.07, 6.45) is -0.608. The molecule has 174 valence electrons. The zero-order valence-electron chi connectivity index (χ0n) is 18.8. The SMILES string of the molecule is Cc1ccc(-c2c3c(=O)n(C)c(=O)n(C)c3c3n2CCO[C@H]3c2ccc(O)cc2)cc1[N+](=O)[O-]. The third-order valence-electron chi connectivity index (χ3n) is 6.43. The van der Waals surface area contributed by atoms with E-state index in [0.29, 0.717) is 46.6 Å². The van der Waals surface area contributed by atoms with Crippen molar-refractivity contribution in [2.45, 2.75) is 19.6 Å². The molecule has 1 N–H and O–H groups in total. The molecule has 4 aromatic rings. The smallest absolute Gasteiger partial charge is 0.331 e. The Bertz CT molecular complexity index is 1590. The number of rotatable bonds is 3. The number of aromatic nitrogens is 3. The van der Waals surface area contributed by atoms with Gasteiger partial charge in [0.1, 0.15) is 11.9 Å². The van der Waals surface area contributed by atoms with Crippen molar-refractivity contribution >= 4 is 16.6 Å². The van der Waals surface area contributed by atoms with Crippen LogP contribution in [0.4, 0.5) is 5.69 Å². The summed E-state index contributed by atoms with van der Waals surface area (Å²) in [5.41, 5.74) is 2.29. The molecule has 2 aromatic heterocycles. The van der Waals surface area contributed by atoms with Crippen LogP contribution < -0.4 is 11.2 Å². The van der Waals surface area contributed by atoms with Gasteiger partial charge in [-0.25, -0.2) is 4.79 Å². The highest BCUT2D eigenvalue weighted by Gasteiger charge is 2.33. The standard InChI is InChI=1S/C24H22N4O6/c1-13-4-5-15(12-17(13)28(32)33)19-18-20(25(2)24(31)26(3)23(18)30)21-22(34-11-10-27(19)21)14-6-8-16(29)9-7-14/h4-9,12,22,29H,10-11H2,1-3H3/t22-/m0/s1. The Morgan fingerprint density at radius 2 is 1.79 bits per heavy atom. The molecule has 0 unspecified atom stereocenters. The first-order chi connectivity index (χ1) is 16.2. The summed E-state index contributed by atoms with van der Waals surface area (Å²) >= 11 is 0. The lowest BCUT2D eigenvalue weighted by Crippen LogP contribution is -2.37. The third kappa shape index (κ3) is 3.06. The second-order valence-corrected chi connectivity index (χ2v) is 8.42. The first kappa shape index (κ1) is 21.7. The van der Waals surface area contributed by atoms with Gasteiger partial charge in [-0.1, -0.05) is 24.3 Å². The summed E-state index contributed by atoms with van der Waals surface area (Å²) in [7, 11) is 3.00. The van der Waals surface area contributed by atoms with Gasteiger partial charge in [-0.2, -0.15) is 0 Å². The van der Waals surface area contributed by atoms with E-state index in [-0.39, 0.29) is 11.4 Å². The van der Waals surface area contributed by atoms with Crippen molar-refractivity contribution in [1.82, 2.24) is 13.7 Å². The molecule has 3 heterocycles. The van der Waals surface area contributed by atoms with Gasteiger partial charge < -0.3 is 14.4 Å². The average Bonchev–Trinajstić information content (AvgIpc) is 3.17. The maximum Gasteiger partial charge on any atom is 0.331 e. The van der Waals surface area contributed by atoms with Crippen molar-refractivity contribution in [2.24, 2.45) is 14.1 Å². The number of benzene rings is 2. The van der Waals surface area contributed by atoms with Crippen molar-refractivity contribution in [1.29, 1.82) is 0 Å². The van der Waals surface area contributed by atoms with Gasteiger partial charge in [0.05, 0.1) is 33.8 Å². The molecule has 1 aliphatic heterocycles. The van der Waals surface area contributed by atoms with Crippen molar-refractivity contribution in [2.75, 3.05) is 6.61 Å². The summed E-state index contributed by atoms with van der Waals surface area (Å²) in [6.45, 7) is 2.38. The predicted octanol–water partition coefficient (Wildman–Crippen LogP) is 2.75. The summed E-state index contributed by atoms with van der Waals surface area (Å²) in [6, 6.07) is 11.4. The van der Waals surface area contributed by atoms with Gasteiger partial charge in [0, 0.05) is 37.8 Å². The number of nitro benzene ring substituents is 1. The Hall–Kier alpha value is -4.18. The van der Waals surface area contributed by atoms with Crippen molar-refractivity contribution < 1.29 is 14.8 Å². The molecule has 0 saturated carbocycles. The molecule has 0 bridgehead atoms. The molecule has 0 fully saturated rings. The highest BCUT2D eigenvalue weighted by molar-refractivity contribution is 5.97. The summed E-state index contributed by atoms with van der Waals surface area (Å²) in [5, 5.41) is 21.7. The number of aromatic hydroxyl groups is 1. The minimum atomic E-state index is -0.608. The van der Waals surface area contributed by atoms with Gasteiger partial charge in [-0.15, -0.1) is 0 Å². The van der Waals surface area contributed by atoms with Crippen LogP contribution in [0.5, 0.6) is 5.75 Å². The highest BCUT2D eigenvalue weighted by atomic mass is 16.6. The molecule has 10 heteroatoms. The fourth-order valence-corrected chi connectivity index (χ4v) is 4.74. The maximum absolute atomic E-state index is 13.4. The largest absolute Gasteiger partial charge is 0.508 e. The number of aryl methyl sites for hydroxylation is 2. The van der Waals surface area contributed by atoms with Crippen LogP contribution in [0.2, 0.25) is 0 Å². The second-order valence-electron chi connectivity index (χ2n) is 8.42. The van der Waals surface area contributed by atoms with Gasteiger partial charge in [-0.3, -0.25) is 24.0 Å². The normalized spacial score (nSPS) is 15.4. The molecule has 0 spiro atoms. The lowest BCUT2D eigenvalue weighted by atomic mass is 10.0. The third-order valence-corrected chi connectivity index (χ3v) is 6.43. The molecule has 2 aromatic carbocycles. The van der Waals surface area contributed by atoms with Gasteiger partial charge in [0.2, 0.25) is 0 Å². The van der Waals surface area contributed by atoms with E-state index in [1.54, 1.807) is 50.4 Å². The molecular formula is C24H22N4O6. The average molecular weight is 462 g/mol. The quantitative estimate of drug-likeness (QED) is 0.369. The first-order valence-electron chi connectivity index (χ1n) is 10.7. The number of phenols is 1. The van der Waals surface area contributed by atoms with E-state index in [2.05, 4.69) is 0 Å². The van der Waals surface area contributed by atoms with Crippen LogP contribution >= 0.6 is 0 Å². The Morgan fingerprint density at radius 3 is 2.47 bits per heavy atom. The molecule has 0 saturated heterocycles. The van der Waals surface area contributed by atoms with Gasteiger partial charge >= 0.3 is 5.69 Å². The minimum absolute atomic E-state index is 0.0509. The van der Waals surface area contributed by atoms with E-state index < -0.39 is 22.3 Å². The van der Waals surface area contributed by atoms with E-state index in [9.17, 15) is 24.8 Å². The zero-order chi connectivity index (χ0) is 24.3. The van der Waals surface area contributed by atoms with E-state index in [4.69, 9.17) is 4.74 Å². The topological polar surface area (TPSA) is 122 Å². The number of nitro groups is 1. The summed E-state index contributed by atoms with van der Waals surface area (Å²) in [5.74, 6) is 0.105. The summed E-state index contributed by atoms with van der Waals surface area (Å²) in [4.78, 5) is 37.5. The van der Waals surface area contributed by atoms with Gasteiger partial charge in [0.25, 0.3) is 11.2 Å². The number of fused-ring (bicyclic) bond motifs is 3. The summed E-state index contributed by atoms with van der Waals surface area (Å²) < 4.78 is 10.5. The van der Waals surface area contributed by atoms with Crippen LogP contribution in [0.3, 0.4) is 0 Å². The lowest BCUT2D eigenvalue weighted by molar-refractivity contribution is -0.385. The monoisotopic (exact) mass is 462 g/mol. The first-order valence-corrected chi connectivity index (χ1v) is 10.7. The van der Waals surface area contributed by atoms with Crippen LogP contribution in [0, 0.1) is 17.0 Å². The van der Waals surface area contributed by atoms with Crippen molar-refractivity contribution in [3.63, 3.8) is 0 Å². The highest BCUT2D eigenvalue weighted by Crippen LogP contribution is 2.41. The molecule has 1 atom stereocenters. The molecular weight excluding hydrogens is 440 g/mol. The number of phenolic OH excluding ortho intramolecular Hbond substituents is 1. The van der Waals surface area contributed by atoms with E-state index >= 15 is 0 Å². The minimum Gasteiger partial charge on any atom is -0.508 e. The fourth-order valence-electron chi connectivity index (χ4n) is 4.74. The van der Waals surface area contributed by atoms with Gasteiger partial charge in [0.15, 0.2) is 0 Å². The van der Waals surface area contributed by atoms with E-state index in [1.165, 1.54) is 17.7 Å². The molecule has 5 rings (SSSR count). The maximum atomic E-state index is 13.4. The molecule has 34 heavy (non-hydrogen) atoms. The Kier molecular flexibility index (Phi) is 4.90. The molecule has 0 amide bonds. The van der Waals surface area contributed by atoms with Crippen LogP contribution in [0.25, 0.3) is 22.2 Å². The number of hydrogen-bond donors (Lipinski definition) is 1. The van der Waals surface area contributed by atoms with Crippen molar-refractivity contribution in [3.8, 4) is 17.0 Å². The molecule has 0 aliphatic carbocycles. The van der Waals surface area contributed by atoms with Crippen LogP contribution in [0.15, 0.2) is 52.1 Å². The number of hydrogen-bond acceptors (Lipinski definition) is 6. The van der Waals surface area contributed by atoms with Gasteiger partial charge in [-0.05, 0) is 24.6 Å². The number of ether oxygens (including phenoxy) is 1. The zero-order valence-corrected chi connectivity index (χ0v) is 18.8. The number of nitrogens with zero attached hydrogens (tertiary/aromatic N) is 4. The van der Waals surface area contributed by atoms with Crippen LogP contribution in [0.1, 0.15) is 22.9 Å². The van der Waals surface area contributed by atoms with Crippen molar-refractivity contribution in [3.05, 3.63) is 90.2 Å². The predicted molar refractivity (Wildman–Crippen MR) is 125 cm³/mol. The fraction of sp³-hybridized carbons (Fsp3) is 0.250. The molecule has 1 aliphatic rings. The van der Waals surface area contributed by atoms with E-state index in [0.717, 1.165) is 10.1 Å². The second kappa shape index (κ2) is 7.70. The van der Waals surface area contributed by atoms with Crippen LogP contribution in [-0.4, -0.2) is 30.3 Å². The van der Waals surface area contributed by atoms with E-state index in [1.807, 2.05) is 4.57 Å². The Balaban J connectivity index is 1.93. The van der Waals surface area contributed by atoms with Crippen LogP contribution in [-0.2, 0) is 25.4 Å². The Labute approximate surface area is 193 Å². The lowest BCUT2D eigenvalue weighted by Gasteiger charge is -2.27.